The van der Waals surface area contributed by atoms with Crippen molar-refractivity contribution >= 4 is 48.4 Å². The molecule has 0 atom stereocenters. The van der Waals surface area contributed by atoms with E-state index in [4.69, 9.17) is 10.00 Å². The van der Waals surface area contributed by atoms with Gasteiger partial charge in [0.05, 0.1) is 21.3 Å². The van der Waals surface area contributed by atoms with E-state index in [9.17, 15) is 4.79 Å². The normalized spacial score (nSPS) is 10.1. The molecule has 0 aliphatic rings. The van der Waals surface area contributed by atoms with Gasteiger partial charge in [0.15, 0.2) is 0 Å². The maximum atomic E-state index is 11.4. The molecule has 5 nitrogen and oxygen atoms in total. The fourth-order valence-electron chi connectivity index (χ4n) is 1.44. The Bertz CT molecular complexity index is 648. The minimum Gasteiger partial charge on any atom is -0.450 e. The van der Waals surface area contributed by atoms with Gasteiger partial charge < -0.3 is 4.74 Å². The number of hydrogen-bond acceptors (Lipinski definition) is 5. The Hall–Kier alpha value is -1.65. The predicted molar refractivity (Wildman–Crippen MR) is 72.7 cm³/mol. The number of rotatable bonds is 2. The quantitative estimate of drug-likeness (QED) is 0.916. The Balaban J connectivity index is 2.48. The number of nitriles is 1. The van der Waals surface area contributed by atoms with E-state index in [0.717, 1.165) is 9.17 Å². The van der Waals surface area contributed by atoms with Crippen LogP contribution >= 0.6 is 27.3 Å². The van der Waals surface area contributed by atoms with Crippen LogP contribution in [0.2, 0.25) is 0 Å². The smallest absolute Gasteiger partial charge is 0.412 e. The molecule has 0 aliphatic heterocycles. The van der Waals surface area contributed by atoms with Crippen LogP contribution in [0.5, 0.6) is 0 Å². The molecule has 0 aromatic carbocycles. The summed E-state index contributed by atoms with van der Waals surface area (Å²) >= 11 is 4.67. The van der Waals surface area contributed by atoms with Crippen LogP contribution in [0.3, 0.4) is 0 Å². The summed E-state index contributed by atoms with van der Waals surface area (Å²) in [6.07, 6.45) is 2.68. The summed E-state index contributed by atoms with van der Waals surface area (Å²) in [4.78, 5) is 15.4. The highest BCUT2D eigenvalue weighted by Crippen LogP contribution is 2.38. The summed E-state index contributed by atoms with van der Waals surface area (Å²) in [7, 11) is 0. The number of anilines is 1. The highest BCUT2D eigenvalue weighted by molar-refractivity contribution is 9.10. The van der Waals surface area contributed by atoms with E-state index in [1.807, 2.05) is 0 Å². The van der Waals surface area contributed by atoms with Crippen LogP contribution in [0.1, 0.15) is 12.5 Å². The number of nitrogens with one attached hydrogen (secondary N) is 1. The van der Waals surface area contributed by atoms with Crippen molar-refractivity contribution in [3.8, 4) is 6.07 Å². The van der Waals surface area contributed by atoms with Crippen LogP contribution in [0.4, 0.5) is 9.80 Å². The van der Waals surface area contributed by atoms with Gasteiger partial charge in [-0.15, -0.1) is 11.3 Å². The van der Waals surface area contributed by atoms with Gasteiger partial charge >= 0.3 is 6.09 Å². The van der Waals surface area contributed by atoms with E-state index in [2.05, 4.69) is 32.3 Å². The van der Waals surface area contributed by atoms with E-state index >= 15 is 0 Å². The molecule has 0 radical (unpaired) electrons. The van der Waals surface area contributed by atoms with E-state index in [1.165, 1.54) is 11.3 Å². The second-order valence-corrected chi connectivity index (χ2v) is 5.14. The summed E-state index contributed by atoms with van der Waals surface area (Å²) < 4.78 is 6.45. The molecule has 0 saturated carbocycles. The van der Waals surface area contributed by atoms with Gasteiger partial charge in [-0.25, -0.2) is 4.79 Å². The van der Waals surface area contributed by atoms with Crippen molar-refractivity contribution in [1.29, 1.82) is 5.26 Å². The molecule has 2 aromatic heterocycles. The Kier molecular flexibility index (Phi) is 3.79. The topological polar surface area (TPSA) is 75.0 Å². The Morgan fingerprint density at radius 1 is 1.67 bits per heavy atom. The summed E-state index contributed by atoms with van der Waals surface area (Å²) in [5.74, 6) is 0. The zero-order chi connectivity index (χ0) is 13.1. The average Bonchev–Trinajstić information content (AvgIpc) is 2.68. The number of hydrogen-bond donors (Lipinski definition) is 1. The highest BCUT2D eigenvalue weighted by Gasteiger charge is 2.16. The van der Waals surface area contributed by atoms with Crippen LogP contribution in [0, 0.1) is 11.3 Å². The van der Waals surface area contributed by atoms with Crippen molar-refractivity contribution in [1.82, 2.24) is 4.98 Å². The lowest BCUT2D eigenvalue weighted by atomic mass is 10.2. The average molecular weight is 326 g/mol. The lowest BCUT2D eigenvalue weighted by Crippen LogP contribution is -2.12. The number of carbonyl (C=O) groups is 1. The number of amides is 1. The van der Waals surface area contributed by atoms with Gasteiger partial charge in [-0.05, 0) is 22.9 Å². The highest BCUT2D eigenvalue weighted by atomic mass is 79.9. The maximum Gasteiger partial charge on any atom is 0.412 e. The molecule has 92 valence electrons. The molecule has 7 heteroatoms. The fourth-order valence-corrected chi connectivity index (χ4v) is 3.02. The van der Waals surface area contributed by atoms with Gasteiger partial charge in [0.1, 0.15) is 11.1 Å². The second-order valence-electron chi connectivity index (χ2n) is 3.26. The largest absolute Gasteiger partial charge is 0.450 e. The molecule has 0 spiro atoms. The number of halogens is 1. The lowest BCUT2D eigenvalue weighted by molar-refractivity contribution is 0.168. The first-order valence-corrected chi connectivity index (χ1v) is 6.68. The number of carbonyl (C=O) groups excluding carboxylic acids is 1. The monoisotopic (exact) mass is 325 g/mol. The number of thiophene rings is 1. The molecule has 18 heavy (non-hydrogen) atoms. The molecule has 0 aliphatic carbocycles. The third-order valence-electron chi connectivity index (χ3n) is 2.16. The Morgan fingerprint density at radius 2 is 2.44 bits per heavy atom. The van der Waals surface area contributed by atoms with Crippen LogP contribution in [0.15, 0.2) is 16.9 Å². The predicted octanol–water partition coefficient (Wildman–Crippen LogP) is 3.50. The number of ether oxygens (including phenoxy) is 1. The molecule has 0 saturated heterocycles. The summed E-state index contributed by atoms with van der Waals surface area (Å²) in [6, 6.07) is 2.07. The van der Waals surface area contributed by atoms with Crippen molar-refractivity contribution in [3.63, 3.8) is 0 Å². The van der Waals surface area contributed by atoms with Crippen molar-refractivity contribution in [3.05, 3.63) is 22.4 Å². The lowest BCUT2D eigenvalue weighted by Gasteiger charge is -2.02. The first-order chi connectivity index (χ1) is 8.67. The van der Waals surface area contributed by atoms with Gasteiger partial charge in [0, 0.05) is 17.8 Å². The number of pyridine rings is 1. The van der Waals surface area contributed by atoms with Gasteiger partial charge in [0.25, 0.3) is 0 Å². The molecule has 0 fully saturated rings. The van der Waals surface area contributed by atoms with Gasteiger partial charge in [-0.3, -0.25) is 10.3 Å². The SMILES string of the molecule is CCOC(=O)Nc1sc2c(Br)cncc2c1C#N. The van der Waals surface area contributed by atoms with Gasteiger partial charge in [-0.1, -0.05) is 0 Å². The van der Waals surface area contributed by atoms with Crippen LogP contribution in [0.25, 0.3) is 10.1 Å². The number of fused-ring (bicyclic) bond motifs is 1. The van der Waals surface area contributed by atoms with Gasteiger partial charge in [0.2, 0.25) is 0 Å². The standard InChI is InChI=1S/C11H8BrN3O2S/c1-2-17-11(16)15-10-6(3-13)7-4-14-5-8(12)9(7)18-10/h4-5H,2H2,1H3,(H,15,16). The van der Waals surface area contributed by atoms with E-state index < -0.39 is 6.09 Å². The Labute approximate surface area is 116 Å². The van der Waals surface area contributed by atoms with Crippen molar-refractivity contribution in [2.24, 2.45) is 0 Å². The van der Waals surface area contributed by atoms with Crippen LogP contribution in [-0.2, 0) is 4.74 Å². The van der Waals surface area contributed by atoms with Crippen LogP contribution in [-0.4, -0.2) is 17.7 Å². The minimum absolute atomic E-state index is 0.282. The molecular weight excluding hydrogens is 318 g/mol. The number of nitrogens with zero attached hydrogens (tertiary/aromatic N) is 2. The second kappa shape index (κ2) is 5.33. The van der Waals surface area contributed by atoms with Crippen molar-refractivity contribution in [2.45, 2.75) is 6.92 Å². The Morgan fingerprint density at radius 3 is 3.11 bits per heavy atom. The van der Waals surface area contributed by atoms with E-state index in [1.54, 1.807) is 19.3 Å². The zero-order valence-corrected chi connectivity index (χ0v) is 11.8. The summed E-state index contributed by atoms with van der Waals surface area (Å²) in [5.41, 5.74) is 0.400. The zero-order valence-electron chi connectivity index (χ0n) is 9.36. The first kappa shape index (κ1) is 12.8. The molecule has 1 N–H and O–H groups in total. The first-order valence-electron chi connectivity index (χ1n) is 5.07. The van der Waals surface area contributed by atoms with Crippen molar-refractivity contribution in [2.75, 3.05) is 11.9 Å². The maximum absolute atomic E-state index is 11.4. The molecule has 0 bridgehead atoms. The van der Waals surface area contributed by atoms with Crippen LogP contribution < -0.4 is 5.32 Å². The van der Waals surface area contributed by atoms with E-state index in [0.29, 0.717) is 16.0 Å². The molecule has 0 unspecified atom stereocenters. The molecule has 1 amide bonds. The van der Waals surface area contributed by atoms with Gasteiger partial charge in [-0.2, -0.15) is 5.26 Å². The van der Waals surface area contributed by atoms with Crippen molar-refractivity contribution < 1.29 is 9.53 Å². The molecular formula is C11H8BrN3O2S. The summed E-state index contributed by atoms with van der Waals surface area (Å²) in [6.45, 7) is 2.00. The fraction of sp³-hybridized carbons (Fsp3) is 0.182. The van der Waals surface area contributed by atoms with E-state index in [-0.39, 0.29) is 6.61 Å². The minimum atomic E-state index is -0.565. The summed E-state index contributed by atoms with van der Waals surface area (Å²) in [5, 5.41) is 12.9. The third kappa shape index (κ3) is 2.30. The molecule has 2 aromatic rings. The number of aromatic nitrogens is 1. The molecule has 2 rings (SSSR count). The third-order valence-corrected chi connectivity index (χ3v) is 4.17. The molecule has 2 heterocycles.